The Kier molecular flexibility index (Phi) is 9.69. The van der Waals surface area contributed by atoms with Crippen LogP contribution < -0.4 is 20.3 Å². The van der Waals surface area contributed by atoms with Crippen LogP contribution in [-0.2, 0) is 6.18 Å². The van der Waals surface area contributed by atoms with Gasteiger partial charge in [0.05, 0.1) is 46.9 Å². The number of methoxy groups -OCH3 is 2. The molecule has 1 atom stereocenters. The summed E-state index contributed by atoms with van der Waals surface area (Å²) in [5, 5.41) is 3.08. The summed E-state index contributed by atoms with van der Waals surface area (Å²) >= 11 is 3.56. The number of urea groups is 1. The maximum Gasteiger partial charge on any atom is 0.416 e. The summed E-state index contributed by atoms with van der Waals surface area (Å²) in [6.45, 7) is 6.07. The highest BCUT2D eigenvalue weighted by Crippen LogP contribution is 2.37. The zero-order valence-electron chi connectivity index (χ0n) is 24.3. The first-order valence-corrected chi connectivity index (χ1v) is 14.3. The standard InChI is InChI=1S/C31H32BrF3N4O4/c1-18(2)14-15-38(30(41)36-21-12-10-20(11-13-21)31(33,34)35)19(3)28-37-24-9-7-6-8-23(24)29(40)39(28)25-16-22(42-4)17-26(43-5)27(25)32/h6-13,16-19H,14-15H2,1-5H3,(H,36,41). The summed E-state index contributed by atoms with van der Waals surface area (Å²) in [5.74, 6) is 1.36. The summed E-state index contributed by atoms with van der Waals surface area (Å²) < 4.78 is 52.1. The lowest BCUT2D eigenvalue weighted by atomic mass is 10.1. The van der Waals surface area contributed by atoms with Crippen LogP contribution >= 0.6 is 15.9 Å². The molecule has 4 rings (SSSR count). The third kappa shape index (κ3) is 6.96. The molecule has 0 fully saturated rings. The predicted molar refractivity (Wildman–Crippen MR) is 163 cm³/mol. The molecule has 0 radical (unpaired) electrons. The van der Waals surface area contributed by atoms with Gasteiger partial charge >= 0.3 is 12.2 Å². The van der Waals surface area contributed by atoms with Gasteiger partial charge in [-0.05, 0) is 71.6 Å². The van der Waals surface area contributed by atoms with E-state index in [1.54, 1.807) is 43.3 Å². The van der Waals surface area contributed by atoms with Gasteiger partial charge in [-0.25, -0.2) is 9.78 Å². The number of fused-ring (bicyclic) bond motifs is 1. The van der Waals surface area contributed by atoms with Crippen molar-refractivity contribution >= 4 is 38.6 Å². The zero-order valence-corrected chi connectivity index (χ0v) is 25.9. The van der Waals surface area contributed by atoms with Gasteiger partial charge in [0, 0.05) is 24.4 Å². The minimum Gasteiger partial charge on any atom is -0.497 e. The van der Waals surface area contributed by atoms with Crippen molar-refractivity contribution in [1.29, 1.82) is 0 Å². The number of hydrogen-bond donors (Lipinski definition) is 1. The van der Waals surface area contributed by atoms with E-state index in [9.17, 15) is 22.8 Å². The van der Waals surface area contributed by atoms with Gasteiger partial charge in [-0.3, -0.25) is 9.36 Å². The van der Waals surface area contributed by atoms with E-state index in [4.69, 9.17) is 14.5 Å². The summed E-state index contributed by atoms with van der Waals surface area (Å²) in [6, 6.07) is 13.2. The summed E-state index contributed by atoms with van der Waals surface area (Å²) in [7, 11) is 2.99. The number of rotatable bonds is 9. The number of ether oxygens (including phenoxy) is 2. The Balaban J connectivity index is 1.86. The number of aromatic nitrogens is 2. The summed E-state index contributed by atoms with van der Waals surface area (Å²) in [4.78, 5) is 34.2. The van der Waals surface area contributed by atoms with Gasteiger partial charge in [0.25, 0.3) is 5.56 Å². The van der Waals surface area contributed by atoms with E-state index in [0.29, 0.717) is 39.0 Å². The maximum atomic E-state index is 14.1. The Morgan fingerprint density at radius 1 is 1.05 bits per heavy atom. The van der Waals surface area contributed by atoms with Gasteiger partial charge in [-0.2, -0.15) is 13.2 Å². The third-order valence-corrected chi connectivity index (χ3v) is 7.80. The predicted octanol–water partition coefficient (Wildman–Crippen LogP) is 7.83. The molecule has 1 N–H and O–H groups in total. The second-order valence-electron chi connectivity index (χ2n) is 10.3. The number of hydrogen-bond acceptors (Lipinski definition) is 5. The molecule has 0 spiro atoms. The molecule has 0 saturated carbocycles. The molecule has 1 heterocycles. The number of benzene rings is 3. The lowest BCUT2D eigenvalue weighted by Crippen LogP contribution is -2.40. The van der Waals surface area contributed by atoms with Crippen molar-refractivity contribution in [2.24, 2.45) is 5.92 Å². The van der Waals surface area contributed by atoms with Crippen LogP contribution in [0.15, 0.2) is 69.9 Å². The second kappa shape index (κ2) is 13.1. The number of alkyl halides is 3. The monoisotopic (exact) mass is 660 g/mol. The second-order valence-corrected chi connectivity index (χ2v) is 11.1. The first kappa shape index (κ1) is 31.9. The van der Waals surface area contributed by atoms with Gasteiger partial charge in [-0.1, -0.05) is 26.0 Å². The Labute approximate surface area is 255 Å². The van der Waals surface area contributed by atoms with Gasteiger partial charge in [0.1, 0.15) is 17.3 Å². The molecule has 0 aliphatic carbocycles. The SMILES string of the molecule is COc1cc(OC)c(Br)c(-n2c(C(C)N(CCC(C)C)C(=O)Nc3ccc(C(F)(F)F)cc3)nc3ccccc3c2=O)c1. The molecule has 43 heavy (non-hydrogen) atoms. The maximum absolute atomic E-state index is 14.1. The Hall–Kier alpha value is -4.06. The van der Waals surface area contributed by atoms with E-state index in [1.165, 1.54) is 35.8 Å². The van der Waals surface area contributed by atoms with Crippen molar-refractivity contribution in [3.05, 3.63) is 86.9 Å². The normalized spacial score (nSPS) is 12.3. The molecule has 0 aliphatic rings. The lowest BCUT2D eigenvalue weighted by molar-refractivity contribution is -0.137. The molecule has 0 saturated heterocycles. The number of para-hydroxylation sites is 1. The fourth-order valence-electron chi connectivity index (χ4n) is 4.60. The molecule has 3 aromatic carbocycles. The van der Waals surface area contributed by atoms with Crippen molar-refractivity contribution in [2.45, 2.75) is 39.4 Å². The lowest BCUT2D eigenvalue weighted by Gasteiger charge is -2.31. The molecule has 0 bridgehead atoms. The van der Waals surface area contributed by atoms with E-state index in [-0.39, 0.29) is 29.5 Å². The molecular weight excluding hydrogens is 629 g/mol. The molecule has 228 valence electrons. The van der Waals surface area contributed by atoms with Crippen LogP contribution in [0.3, 0.4) is 0 Å². The average Bonchev–Trinajstić information content (AvgIpc) is 2.97. The van der Waals surface area contributed by atoms with Crippen molar-refractivity contribution in [3.63, 3.8) is 0 Å². The fourth-order valence-corrected chi connectivity index (χ4v) is 5.16. The van der Waals surface area contributed by atoms with Crippen molar-refractivity contribution in [2.75, 3.05) is 26.1 Å². The largest absolute Gasteiger partial charge is 0.497 e. The van der Waals surface area contributed by atoms with Crippen LogP contribution in [0.25, 0.3) is 16.6 Å². The Bertz CT molecular complexity index is 1670. The van der Waals surface area contributed by atoms with Crippen LogP contribution in [0.5, 0.6) is 11.5 Å². The van der Waals surface area contributed by atoms with Crippen LogP contribution in [0.4, 0.5) is 23.7 Å². The van der Waals surface area contributed by atoms with E-state index in [0.717, 1.165) is 12.1 Å². The number of nitrogens with one attached hydrogen (secondary N) is 1. The topological polar surface area (TPSA) is 85.7 Å². The van der Waals surface area contributed by atoms with Crippen LogP contribution in [0.2, 0.25) is 0 Å². The number of carbonyl (C=O) groups excluding carboxylic acids is 1. The number of nitrogens with zero attached hydrogens (tertiary/aromatic N) is 3. The van der Waals surface area contributed by atoms with E-state index >= 15 is 0 Å². The van der Waals surface area contributed by atoms with Gasteiger partial charge in [0.15, 0.2) is 0 Å². The van der Waals surface area contributed by atoms with E-state index in [2.05, 4.69) is 21.2 Å². The number of halogens is 4. The van der Waals surface area contributed by atoms with E-state index < -0.39 is 23.8 Å². The molecule has 0 aliphatic heterocycles. The van der Waals surface area contributed by atoms with E-state index in [1.807, 2.05) is 13.8 Å². The number of anilines is 1. The molecule has 4 aromatic rings. The average molecular weight is 662 g/mol. The van der Waals surface area contributed by atoms with Crippen LogP contribution in [0, 0.1) is 5.92 Å². The Morgan fingerprint density at radius 3 is 2.33 bits per heavy atom. The minimum absolute atomic E-state index is 0.198. The van der Waals surface area contributed by atoms with Crippen molar-refractivity contribution in [3.8, 4) is 17.2 Å². The summed E-state index contributed by atoms with van der Waals surface area (Å²) in [5.41, 5.74) is -0.143. The zero-order chi connectivity index (χ0) is 31.5. The third-order valence-electron chi connectivity index (χ3n) is 7.00. The van der Waals surface area contributed by atoms with Crippen molar-refractivity contribution in [1.82, 2.24) is 14.5 Å². The highest BCUT2D eigenvalue weighted by molar-refractivity contribution is 9.10. The molecule has 8 nitrogen and oxygen atoms in total. The number of carbonyl (C=O) groups is 1. The van der Waals surface area contributed by atoms with Crippen LogP contribution in [0.1, 0.15) is 44.6 Å². The summed E-state index contributed by atoms with van der Waals surface area (Å²) in [6.07, 6.45) is -3.87. The van der Waals surface area contributed by atoms with Gasteiger partial charge in [-0.15, -0.1) is 0 Å². The fraction of sp³-hybridized carbons (Fsp3) is 0.323. The minimum atomic E-state index is -4.50. The Morgan fingerprint density at radius 2 is 1.72 bits per heavy atom. The molecule has 12 heteroatoms. The highest BCUT2D eigenvalue weighted by Gasteiger charge is 2.31. The molecule has 1 aromatic heterocycles. The quantitative estimate of drug-likeness (QED) is 0.198. The van der Waals surface area contributed by atoms with Gasteiger partial charge in [0.2, 0.25) is 0 Å². The molecule has 2 amide bonds. The highest BCUT2D eigenvalue weighted by atomic mass is 79.9. The first-order valence-electron chi connectivity index (χ1n) is 13.5. The van der Waals surface area contributed by atoms with Crippen LogP contribution in [-0.4, -0.2) is 41.2 Å². The number of amides is 2. The molecule has 1 unspecified atom stereocenters. The van der Waals surface area contributed by atoms with Crippen molar-refractivity contribution < 1.29 is 27.4 Å². The first-order chi connectivity index (χ1) is 20.3. The van der Waals surface area contributed by atoms with Gasteiger partial charge < -0.3 is 19.7 Å². The molecular formula is C31H32BrF3N4O4. The smallest absolute Gasteiger partial charge is 0.416 e.